The molecule has 7 heteroatoms. The summed E-state index contributed by atoms with van der Waals surface area (Å²) < 4.78 is 0. The Balaban J connectivity index is 1.81. The quantitative estimate of drug-likeness (QED) is 0.657. The Kier molecular flexibility index (Phi) is 5.96. The van der Waals surface area contributed by atoms with Crippen molar-refractivity contribution in [1.29, 1.82) is 0 Å². The van der Waals surface area contributed by atoms with Gasteiger partial charge in [0.15, 0.2) is 0 Å². The van der Waals surface area contributed by atoms with Crippen LogP contribution in [-0.2, 0) is 4.79 Å². The number of hydrogen-bond acceptors (Lipinski definition) is 3. The van der Waals surface area contributed by atoms with Crippen molar-refractivity contribution in [3.05, 3.63) is 29.8 Å². The van der Waals surface area contributed by atoms with Gasteiger partial charge in [0.2, 0.25) is 5.91 Å². The summed E-state index contributed by atoms with van der Waals surface area (Å²) in [5.74, 6) is -0.561. The van der Waals surface area contributed by atoms with E-state index in [0.29, 0.717) is 11.3 Å². The van der Waals surface area contributed by atoms with Crippen molar-refractivity contribution in [3.8, 4) is 0 Å². The molecule has 0 aliphatic heterocycles. The smallest absolute Gasteiger partial charge is 0.316 e. The second kappa shape index (κ2) is 8.17. The third-order valence-electron chi connectivity index (χ3n) is 3.77. The molecule has 1 saturated carbocycles. The zero-order valence-electron chi connectivity index (χ0n) is 12.9. The Labute approximate surface area is 135 Å². The van der Waals surface area contributed by atoms with Crippen LogP contribution in [0.5, 0.6) is 0 Å². The standard InChI is InChI=1S/C16H22N4O3/c17-16(23)20-13-8-4-5-11(9-13)15(22)18-10-14(21)19-12-6-2-1-3-7-12/h4-5,8-9,12H,1-3,6-7,10H2,(H,18,22)(H,19,21)(H3,17,20,23). The Hall–Kier alpha value is -2.57. The Morgan fingerprint density at radius 2 is 1.87 bits per heavy atom. The number of urea groups is 1. The van der Waals surface area contributed by atoms with Crippen molar-refractivity contribution in [2.75, 3.05) is 11.9 Å². The highest BCUT2D eigenvalue weighted by atomic mass is 16.2. The molecule has 1 aromatic rings. The van der Waals surface area contributed by atoms with E-state index in [0.717, 1.165) is 25.7 Å². The SMILES string of the molecule is NC(=O)Nc1cccc(C(=O)NCC(=O)NC2CCCCC2)c1. The van der Waals surface area contributed by atoms with E-state index in [1.807, 2.05) is 0 Å². The average molecular weight is 318 g/mol. The van der Waals surface area contributed by atoms with E-state index >= 15 is 0 Å². The molecule has 0 aromatic heterocycles. The number of amides is 4. The van der Waals surface area contributed by atoms with Gasteiger partial charge in [0.05, 0.1) is 6.54 Å². The lowest BCUT2D eigenvalue weighted by Crippen LogP contribution is -2.42. The molecule has 1 fully saturated rings. The van der Waals surface area contributed by atoms with Gasteiger partial charge in [0.1, 0.15) is 0 Å². The first-order valence-corrected chi connectivity index (χ1v) is 7.78. The maximum absolute atomic E-state index is 12.0. The summed E-state index contributed by atoms with van der Waals surface area (Å²) in [7, 11) is 0. The molecule has 1 aliphatic carbocycles. The first-order valence-electron chi connectivity index (χ1n) is 7.78. The number of carbonyl (C=O) groups excluding carboxylic acids is 3. The van der Waals surface area contributed by atoms with E-state index in [1.165, 1.54) is 12.5 Å². The van der Waals surface area contributed by atoms with Crippen molar-refractivity contribution >= 4 is 23.5 Å². The van der Waals surface area contributed by atoms with Crippen LogP contribution in [0.4, 0.5) is 10.5 Å². The van der Waals surface area contributed by atoms with Gasteiger partial charge >= 0.3 is 6.03 Å². The average Bonchev–Trinajstić information content (AvgIpc) is 2.53. The van der Waals surface area contributed by atoms with Gasteiger partial charge in [-0.1, -0.05) is 25.3 Å². The van der Waals surface area contributed by atoms with Crippen LogP contribution in [0.3, 0.4) is 0 Å². The summed E-state index contributed by atoms with van der Waals surface area (Å²) in [5.41, 5.74) is 5.81. The molecule has 5 N–H and O–H groups in total. The number of hydrogen-bond donors (Lipinski definition) is 4. The number of primary amides is 1. The largest absolute Gasteiger partial charge is 0.352 e. The number of anilines is 1. The summed E-state index contributed by atoms with van der Waals surface area (Å²) in [6.45, 7) is -0.0667. The molecule has 0 unspecified atom stereocenters. The van der Waals surface area contributed by atoms with Crippen LogP contribution in [0.15, 0.2) is 24.3 Å². The zero-order valence-corrected chi connectivity index (χ0v) is 12.9. The first kappa shape index (κ1) is 16.8. The fraction of sp³-hybridized carbons (Fsp3) is 0.438. The minimum absolute atomic E-state index is 0.0667. The Morgan fingerprint density at radius 3 is 2.57 bits per heavy atom. The first-order chi connectivity index (χ1) is 11.0. The molecule has 7 nitrogen and oxygen atoms in total. The van der Waals surface area contributed by atoms with Crippen LogP contribution >= 0.6 is 0 Å². The highest BCUT2D eigenvalue weighted by Gasteiger charge is 2.16. The fourth-order valence-electron chi connectivity index (χ4n) is 2.67. The topological polar surface area (TPSA) is 113 Å². The highest BCUT2D eigenvalue weighted by molar-refractivity contribution is 5.98. The van der Waals surface area contributed by atoms with Crippen LogP contribution in [0, 0.1) is 0 Å². The third kappa shape index (κ3) is 5.61. The van der Waals surface area contributed by atoms with Crippen LogP contribution in [0.2, 0.25) is 0 Å². The fourth-order valence-corrected chi connectivity index (χ4v) is 2.67. The maximum Gasteiger partial charge on any atom is 0.316 e. The lowest BCUT2D eigenvalue weighted by atomic mass is 9.95. The summed E-state index contributed by atoms with van der Waals surface area (Å²) >= 11 is 0. The van der Waals surface area contributed by atoms with Gasteiger partial charge in [-0.05, 0) is 31.0 Å². The van der Waals surface area contributed by atoms with E-state index in [1.54, 1.807) is 18.2 Å². The van der Waals surface area contributed by atoms with Gasteiger partial charge in [-0.2, -0.15) is 0 Å². The van der Waals surface area contributed by atoms with Crippen LogP contribution in [0.1, 0.15) is 42.5 Å². The van der Waals surface area contributed by atoms with E-state index in [9.17, 15) is 14.4 Å². The van der Waals surface area contributed by atoms with Gasteiger partial charge in [0.25, 0.3) is 5.91 Å². The van der Waals surface area contributed by atoms with Crippen molar-refractivity contribution in [2.45, 2.75) is 38.1 Å². The zero-order chi connectivity index (χ0) is 16.7. The lowest BCUT2D eigenvalue weighted by Gasteiger charge is -2.22. The van der Waals surface area contributed by atoms with Gasteiger partial charge in [0, 0.05) is 17.3 Å². The molecule has 0 radical (unpaired) electrons. The summed E-state index contributed by atoms with van der Waals surface area (Å²) in [5, 5.41) is 7.91. The van der Waals surface area contributed by atoms with Crippen molar-refractivity contribution in [1.82, 2.24) is 10.6 Å². The second-order valence-electron chi connectivity index (χ2n) is 5.66. The molecule has 1 aliphatic rings. The number of nitrogens with two attached hydrogens (primary N) is 1. The Morgan fingerprint density at radius 1 is 1.13 bits per heavy atom. The predicted octanol–water partition coefficient (Wildman–Crippen LogP) is 1.36. The van der Waals surface area contributed by atoms with E-state index in [-0.39, 0.29) is 24.4 Å². The molecule has 0 heterocycles. The third-order valence-corrected chi connectivity index (χ3v) is 3.77. The number of nitrogens with one attached hydrogen (secondary N) is 3. The predicted molar refractivity (Wildman–Crippen MR) is 87.0 cm³/mol. The van der Waals surface area contributed by atoms with Crippen molar-refractivity contribution < 1.29 is 14.4 Å². The van der Waals surface area contributed by atoms with Gasteiger partial charge in [-0.15, -0.1) is 0 Å². The molecule has 0 atom stereocenters. The van der Waals surface area contributed by atoms with Crippen LogP contribution in [0.25, 0.3) is 0 Å². The van der Waals surface area contributed by atoms with Gasteiger partial charge in [-0.25, -0.2) is 4.79 Å². The number of benzene rings is 1. The molecular formula is C16H22N4O3. The minimum Gasteiger partial charge on any atom is -0.352 e. The lowest BCUT2D eigenvalue weighted by molar-refractivity contribution is -0.121. The maximum atomic E-state index is 12.0. The number of rotatable bonds is 5. The highest BCUT2D eigenvalue weighted by Crippen LogP contribution is 2.17. The molecule has 2 rings (SSSR count). The summed E-state index contributed by atoms with van der Waals surface area (Å²) in [6, 6.07) is 5.87. The second-order valence-corrected chi connectivity index (χ2v) is 5.66. The van der Waals surface area contributed by atoms with Crippen LogP contribution < -0.4 is 21.7 Å². The molecule has 0 spiro atoms. The minimum atomic E-state index is -0.700. The van der Waals surface area contributed by atoms with E-state index in [2.05, 4.69) is 16.0 Å². The van der Waals surface area contributed by atoms with E-state index < -0.39 is 6.03 Å². The molecule has 1 aromatic carbocycles. The summed E-state index contributed by atoms with van der Waals surface area (Å²) in [4.78, 5) is 34.7. The van der Waals surface area contributed by atoms with Crippen molar-refractivity contribution in [2.24, 2.45) is 5.73 Å². The molecule has 23 heavy (non-hydrogen) atoms. The molecule has 0 saturated heterocycles. The van der Waals surface area contributed by atoms with E-state index in [4.69, 9.17) is 5.73 Å². The van der Waals surface area contributed by atoms with Gasteiger partial charge < -0.3 is 21.7 Å². The molecular weight excluding hydrogens is 296 g/mol. The van der Waals surface area contributed by atoms with Gasteiger partial charge in [-0.3, -0.25) is 9.59 Å². The summed E-state index contributed by atoms with van der Waals surface area (Å²) in [6.07, 6.45) is 5.49. The molecule has 0 bridgehead atoms. The van der Waals surface area contributed by atoms with Crippen LogP contribution in [-0.4, -0.2) is 30.4 Å². The Bertz CT molecular complexity index is 582. The molecule has 4 amide bonds. The monoisotopic (exact) mass is 318 g/mol. The molecule has 124 valence electrons. The number of carbonyl (C=O) groups is 3. The van der Waals surface area contributed by atoms with Crippen molar-refractivity contribution in [3.63, 3.8) is 0 Å². The normalized spacial score (nSPS) is 14.8.